The molecule has 1 rings (SSSR count). The fourth-order valence-corrected chi connectivity index (χ4v) is 1.63. The van der Waals surface area contributed by atoms with Gasteiger partial charge in [0, 0.05) is 18.1 Å². The Bertz CT molecular complexity index is 424. The molecule has 0 atom stereocenters. The molecule has 0 aliphatic carbocycles. The van der Waals surface area contributed by atoms with E-state index in [0.717, 1.165) is 6.54 Å². The normalized spacial score (nSPS) is 10.7. The number of nitrogens with zero attached hydrogens (tertiary/aromatic N) is 1. The molecule has 0 saturated heterocycles. The van der Waals surface area contributed by atoms with E-state index in [9.17, 15) is 4.79 Å². The molecule has 19 heavy (non-hydrogen) atoms. The van der Waals surface area contributed by atoms with Crippen molar-refractivity contribution in [1.29, 1.82) is 0 Å². The maximum atomic E-state index is 11.0. The fraction of sp³-hybridized carbons (Fsp3) is 0.462. The second-order valence-corrected chi connectivity index (χ2v) is 4.77. The first kappa shape index (κ1) is 15.8. The lowest BCUT2D eigenvalue weighted by atomic mass is 10.2. The highest BCUT2D eigenvalue weighted by atomic mass is 35.5. The third kappa shape index (κ3) is 5.92. The van der Waals surface area contributed by atoms with Gasteiger partial charge < -0.3 is 20.1 Å². The zero-order chi connectivity index (χ0) is 14.3. The number of ether oxygens (including phenoxy) is 1. The van der Waals surface area contributed by atoms with Crippen LogP contribution in [-0.4, -0.2) is 56.4 Å². The summed E-state index contributed by atoms with van der Waals surface area (Å²) in [5, 5.41) is 12.6. The van der Waals surface area contributed by atoms with Crippen molar-refractivity contribution in [2.75, 3.05) is 45.7 Å². The third-order valence-corrected chi connectivity index (χ3v) is 2.69. The quantitative estimate of drug-likeness (QED) is 0.716. The van der Waals surface area contributed by atoms with Gasteiger partial charge in [0.2, 0.25) is 0 Å². The second-order valence-electron chi connectivity index (χ2n) is 4.34. The molecule has 0 aromatic heterocycles. The number of carboxylic acids is 1. The van der Waals surface area contributed by atoms with Crippen molar-refractivity contribution in [2.24, 2.45) is 0 Å². The summed E-state index contributed by atoms with van der Waals surface area (Å²) < 4.78 is 5.41. The number of halogens is 1. The van der Waals surface area contributed by atoms with Crippen molar-refractivity contribution in [2.45, 2.75) is 0 Å². The number of carbonyl (C=O) groups is 1. The summed E-state index contributed by atoms with van der Waals surface area (Å²) in [5.41, 5.74) is 0.717. The van der Waals surface area contributed by atoms with Gasteiger partial charge in [0.25, 0.3) is 0 Å². The SMILES string of the molecule is CN(C)CCOCCNc1cc(Cl)ccc1C(=O)O. The van der Waals surface area contributed by atoms with E-state index >= 15 is 0 Å². The van der Waals surface area contributed by atoms with Crippen LogP contribution in [0.2, 0.25) is 5.02 Å². The average Bonchev–Trinajstić information content (AvgIpc) is 2.33. The Balaban J connectivity index is 2.40. The van der Waals surface area contributed by atoms with Crippen molar-refractivity contribution < 1.29 is 14.6 Å². The largest absolute Gasteiger partial charge is 0.478 e. The van der Waals surface area contributed by atoms with Crippen molar-refractivity contribution in [3.63, 3.8) is 0 Å². The van der Waals surface area contributed by atoms with E-state index in [-0.39, 0.29) is 5.56 Å². The van der Waals surface area contributed by atoms with Crippen molar-refractivity contribution in [1.82, 2.24) is 4.90 Å². The molecule has 0 bridgehead atoms. The van der Waals surface area contributed by atoms with E-state index in [1.807, 2.05) is 19.0 Å². The highest BCUT2D eigenvalue weighted by Gasteiger charge is 2.09. The Morgan fingerprint density at radius 2 is 2.16 bits per heavy atom. The van der Waals surface area contributed by atoms with Gasteiger partial charge in [-0.25, -0.2) is 4.79 Å². The lowest BCUT2D eigenvalue weighted by Crippen LogP contribution is -2.20. The van der Waals surface area contributed by atoms with Gasteiger partial charge in [-0.05, 0) is 32.3 Å². The van der Waals surface area contributed by atoms with Crippen LogP contribution in [0.4, 0.5) is 5.69 Å². The Labute approximate surface area is 118 Å². The lowest BCUT2D eigenvalue weighted by Gasteiger charge is -2.12. The van der Waals surface area contributed by atoms with E-state index in [1.165, 1.54) is 6.07 Å². The molecule has 0 heterocycles. The summed E-state index contributed by atoms with van der Waals surface area (Å²) in [6.07, 6.45) is 0. The summed E-state index contributed by atoms with van der Waals surface area (Å²) in [6, 6.07) is 4.65. The van der Waals surface area contributed by atoms with Crippen LogP contribution in [0.1, 0.15) is 10.4 Å². The van der Waals surface area contributed by atoms with Crippen LogP contribution in [0.3, 0.4) is 0 Å². The van der Waals surface area contributed by atoms with Gasteiger partial charge in [0.15, 0.2) is 0 Å². The van der Waals surface area contributed by atoms with Crippen molar-refractivity contribution in [3.8, 4) is 0 Å². The van der Waals surface area contributed by atoms with E-state index in [1.54, 1.807) is 12.1 Å². The molecule has 2 N–H and O–H groups in total. The maximum absolute atomic E-state index is 11.0. The van der Waals surface area contributed by atoms with Gasteiger partial charge in [0.05, 0.1) is 24.5 Å². The fourth-order valence-electron chi connectivity index (χ4n) is 1.46. The number of hydrogen-bond donors (Lipinski definition) is 2. The number of carboxylic acid groups (broad SMARTS) is 1. The summed E-state index contributed by atoms with van der Waals surface area (Å²) in [4.78, 5) is 13.1. The Morgan fingerprint density at radius 3 is 2.79 bits per heavy atom. The van der Waals surface area contributed by atoms with E-state index in [2.05, 4.69) is 5.32 Å². The standard InChI is InChI=1S/C13H19ClN2O3/c1-16(2)6-8-19-7-5-15-12-9-10(14)3-4-11(12)13(17)18/h3-4,9,15H,5-8H2,1-2H3,(H,17,18). The third-order valence-electron chi connectivity index (χ3n) is 2.46. The van der Waals surface area contributed by atoms with E-state index < -0.39 is 5.97 Å². The molecule has 0 aliphatic rings. The molecule has 5 nitrogen and oxygen atoms in total. The summed E-state index contributed by atoms with van der Waals surface area (Å²) in [5.74, 6) is -0.979. The van der Waals surface area contributed by atoms with Crippen LogP contribution in [0.15, 0.2) is 18.2 Å². The van der Waals surface area contributed by atoms with Crippen LogP contribution in [0.25, 0.3) is 0 Å². The molecule has 0 amide bonds. The number of rotatable bonds is 8. The zero-order valence-corrected chi connectivity index (χ0v) is 11.9. The minimum Gasteiger partial charge on any atom is -0.478 e. The number of likely N-dealkylation sites (N-methyl/N-ethyl adjacent to an activating group) is 1. The van der Waals surface area contributed by atoms with Crippen LogP contribution in [0.5, 0.6) is 0 Å². The number of hydrogen-bond acceptors (Lipinski definition) is 4. The van der Waals surface area contributed by atoms with Crippen molar-refractivity contribution >= 4 is 23.3 Å². The molecule has 0 saturated carbocycles. The molecule has 0 aliphatic heterocycles. The van der Waals surface area contributed by atoms with Gasteiger partial charge in [-0.3, -0.25) is 0 Å². The Morgan fingerprint density at radius 1 is 1.42 bits per heavy atom. The Kier molecular flexibility index (Phi) is 6.62. The molecule has 0 unspecified atom stereocenters. The summed E-state index contributed by atoms with van der Waals surface area (Å²) in [7, 11) is 3.96. The van der Waals surface area contributed by atoms with Gasteiger partial charge in [-0.2, -0.15) is 0 Å². The maximum Gasteiger partial charge on any atom is 0.337 e. The van der Waals surface area contributed by atoms with Crippen molar-refractivity contribution in [3.05, 3.63) is 28.8 Å². The first-order valence-corrected chi connectivity index (χ1v) is 6.37. The molecule has 106 valence electrons. The minimum atomic E-state index is -0.979. The topological polar surface area (TPSA) is 61.8 Å². The van der Waals surface area contributed by atoms with Crippen LogP contribution < -0.4 is 5.32 Å². The van der Waals surface area contributed by atoms with E-state index in [4.69, 9.17) is 21.4 Å². The first-order chi connectivity index (χ1) is 9.00. The van der Waals surface area contributed by atoms with Crippen LogP contribution in [0, 0.1) is 0 Å². The molecule has 6 heteroatoms. The molecular weight excluding hydrogens is 268 g/mol. The number of benzene rings is 1. The minimum absolute atomic E-state index is 0.206. The van der Waals surface area contributed by atoms with Gasteiger partial charge in [0.1, 0.15) is 0 Å². The highest BCUT2D eigenvalue weighted by molar-refractivity contribution is 6.31. The predicted octanol–water partition coefficient (Wildman–Crippen LogP) is 2.03. The zero-order valence-electron chi connectivity index (χ0n) is 11.1. The molecular formula is C13H19ClN2O3. The summed E-state index contributed by atoms with van der Waals surface area (Å²) >= 11 is 5.85. The first-order valence-electron chi connectivity index (χ1n) is 6.00. The number of aromatic carboxylic acids is 1. The molecule has 1 aromatic rings. The predicted molar refractivity (Wildman–Crippen MR) is 76.3 cm³/mol. The smallest absolute Gasteiger partial charge is 0.337 e. The van der Waals surface area contributed by atoms with Gasteiger partial charge >= 0.3 is 5.97 Å². The number of nitrogens with one attached hydrogen (secondary N) is 1. The average molecular weight is 287 g/mol. The van der Waals surface area contributed by atoms with Gasteiger partial charge in [-0.1, -0.05) is 11.6 Å². The molecule has 0 spiro atoms. The summed E-state index contributed by atoms with van der Waals surface area (Å²) in [6.45, 7) is 2.56. The molecule has 0 radical (unpaired) electrons. The van der Waals surface area contributed by atoms with Gasteiger partial charge in [-0.15, -0.1) is 0 Å². The molecule has 1 aromatic carbocycles. The lowest BCUT2D eigenvalue weighted by molar-refractivity contribution is 0.0697. The highest BCUT2D eigenvalue weighted by Crippen LogP contribution is 2.20. The van der Waals surface area contributed by atoms with Crippen LogP contribution in [-0.2, 0) is 4.74 Å². The van der Waals surface area contributed by atoms with Crippen LogP contribution >= 0.6 is 11.6 Å². The van der Waals surface area contributed by atoms with E-state index in [0.29, 0.717) is 30.5 Å². The second kappa shape index (κ2) is 7.99. The Hall–Kier alpha value is -1.30. The monoisotopic (exact) mass is 286 g/mol. The molecule has 0 fully saturated rings. The number of anilines is 1.